The first-order chi connectivity index (χ1) is 7.06. The molecule has 0 unspecified atom stereocenters. The lowest BCUT2D eigenvalue weighted by molar-refractivity contribution is 0.849. The van der Waals surface area contributed by atoms with Crippen LogP contribution in [0.1, 0.15) is 24.5 Å². The molecule has 2 nitrogen and oxygen atoms in total. The van der Waals surface area contributed by atoms with Crippen LogP contribution < -0.4 is 10.6 Å². The Morgan fingerprint density at radius 3 is 2.60 bits per heavy atom. The second-order valence-corrected chi connectivity index (χ2v) is 4.23. The highest BCUT2D eigenvalue weighted by Gasteiger charge is 2.05. The molecule has 0 aliphatic heterocycles. The van der Waals surface area contributed by atoms with Crippen LogP contribution >= 0.6 is 12.2 Å². The molecule has 0 radical (unpaired) electrons. The minimum Gasteiger partial charge on any atom is -0.389 e. The summed E-state index contributed by atoms with van der Waals surface area (Å²) in [7, 11) is 2.10. The molecule has 0 fully saturated rings. The summed E-state index contributed by atoms with van der Waals surface area (Å²) in [5.41, 5.74) is 8.99. The van der Waals surface area contributed by atoms with Crippen LogP contribution in [0.15, 0.2) is 18.2 Å². The molecule has 0 bridgehead atoms. The van der Waals surface area contributed by atoms with Crippen molar-refractivity contribution >= 4 is 22.9 Å². The van der Waals surface area contributed by atoms with Gasteiger partial charge >= 0.3 is 0 Å². The van der Waals surface area contributed by atoms with Crippen molar-refractivity contribution in [1.82, 2.24) is 0 Å². The van der Waals surface area contributed by atoms with E-state index in [4.69, 9.17) is 18.0 Å². The SMILES string of the molecule is CCCN(C)c1ccc(C(N)=S)cc1C. The van der Waals surface area contributed by atoms with Gasteiger partial charge in [-0.2, -0.15) is 0 Å². The third-order valence-corrected chi connectivity index (χ3v) is 2.69. The van der Waals surface area contributed by atoms with Crippen molar-refractivity contribution in [2.24, 2.45) is 5.73 Å². The van der Waals surface area contributed by atoms with Crippen LogP contribution in [-0.2, 0) is 0 Å². The highest BCUT2D eigenvalue weighted by atomic mass is 32.1. The summed E-state index contributed by atoms with van der Waals surface area (Å²) >= 11 is 4.95. The van der Waals surface area contributed by atoms with E-state index in [9.17, 15) is 0 Å². The van der Waals surface area contributed by atoms with Gasteiger partial charge in [0.25, 0.3) is 0 Å². The molecule has 1 aromatic rings. The van der Waals surface area contributed by atoms with Crippen LogP contribution in [0.5, 0.6) is 0 Å². The highest BCUT2D eigenvalue weighted by Crippen LogP contribution is 2.20. The minimum atomic E-state index is 0.461. The van der Waals surface area contributed by atoms with Crippen molar-refractivity contribution in [3.05, 3.63) is 29.3 Å². The van der Waals surface area contributed by atoms with E-state index in [0.29, 0.717) is 4.99 Å². The molecule has 2 N–H and O–H groups in total. The molecule has 0 aliphatic rings. The van der Waals surface area contributed by atoms with E-state index in [0.717, 1.165) is 18.5 Å². The first kappa shape index (κ1) is 12.0. The van der Waals surface area contributed by atoms with Gasteiger partial charge in [-0.25, -0.2) is 0 Å². The fourth-order valence-corrected chi connectivity index (χ4v) is 1.82. The summed E-state index contributed by atoms with van der Waals surface area (Å²) in [5.74, 6) is 0. The molecule has 1 rings (SSSR count). The predicted octanol–water partition coefficient (Wildman–Crippen LogP) is 2.48. The summed E-state index contributed by atoms with van der Waals surface area (Å²) in [5, 5.41) is 0. The van der Waals surface area contributed by atoms with E-state index < -0.39 is 0 Å². The number of nitrogens with two attached hydrogens (primary N) is 1. The van der Waals surface area contributed by atoms with Crippen molar-refractivity contribution in [2.75, 3.05) is 18.5 Å². The average Bonchev–Trinajstić information content (AvgIpc) is 2.17. The fraction of sp³-hybridized carbons (Fsp3) is 0.417. The lowest BCUT2D eigenvalue weighted by Crippen LogP contribution is -2.19. The molecule has 82 valence electrons. The Bertz CT molecular complexity index is 361. The van der Waals surface area contributed by atoms with Crippen molar-refractivity contribution in [1.29, 1.82) is 0 Å². The molecule has 0 aliphatic carbocycles. The topological polar surface area (TPSA) is 29.3 Å². The van der Waals surface area contributed by atoms with Gasteiger partial charge in [0, 0.05) is 24.8 Å². The van der Waals surface area contributed by atoms with Crippen molar-refractivity contribution < 1.29 is 0 Å². The molecule has 15 heavy (non-hydrogen) atoms. The molecule has 0 aromatic heterocycles. The molecular formula is C12H18N2S. The molecule has 0 atom stereocenters. The second-order valence-electron chi connectivity index (χ2n) is 3.79. The maximum atomic E-state index is 5.59. The van der Waals surface area contributed by atoms with E-state index in [2.05, 4.69) is 31.9 Å². The predicted molar refractivity (Wildman–Crippen MR) is 70.6 cm³/mol. The standard InChI is InChI=1S/C12H18N2S/c1-4-7-14(3)11-6-5-10(12(13)15)8-9(11)2/h5-6,8H,4,7H2,1-3H3,(H2,13,15). The first-order valence-corrected chi connectivity index (χ1v) is 5.58. The van der Waals surface area contributed by atoms with Gasteiger partial charge in [0.2, 0.25) is 0 Å². The molecule has 3 heteroatoms. The Morgan fingerprint density at radius 1 is 1.47 bits per heavy atom. The zero-order valence-corrected chi connectivity index (χ0v) is 10.4. The van der Waals surface area contributed by atoms with E-state index in [1.807, 2.05) is 12.1 Å². The van der Waals surface area contributed by atoms with Crippen LogP contribution in [0.4, 0.5) is 5.69 Å². The monoisotopic (exact) mass is 222 g/mol. The lowest BCUT2D eigenvalue weighted by atomic mass is 10.1. The first-order valence-electron chi connectivity index (χ1n) is 5.17. The van der Waals surface area contributed by atoms with Crippen LogP contribution in [0.2, 0.25) is 0 Å². The van der Waals surface area contributed by atoms with Crippen molar-refractivity contribution in [3.63, 3.8) is 0 Å². The third kappa shape index (κ3) is 2.93. The molecule has 1 aromatic carbocycles. The van der Waals surface area contributed by atoms with E-state index in [1.54, 1.807) is 0 Å². The number of hydrogen-bond acceptors (Lipinski definition) is 2. The Morgan fingerprint density at radius 2 is 2.13 bits per heavy atom. The summed E-state index contributed by atoms with van der Waals surface area (Å²) in [6, 6.07) is 6.11. The van der Waals surface area contributed by atoms with Gasteiger partial charge in [-0.05, 0) is 37.1 Å². The van der Waals surface area contributed by atoms with Crippen LogP contribution in [0.3, 0.4) is 0 Å². The van der Waals surface area contributed by atoms with Gasteiger partial charge < -0.3 is 10.6 Å². The van der Waals surface area contributed by atoms with Gasteiger partial charge in [-0.1, -0.05) is 19.1 Å². The fourth-order valence-electron chi connectivity index (χ4n) is 1.69. The van der Waals surface area contributed by atoms with E-state index in [-0.39, 0.29) is 0 Å². The minimum absolute atomic E-state index is 0.461. The van der Waals surface area contributed by atoms with Gasteiger partial charge in [0.05, 0.1) is 0 Å². The molecular weight excluding hydrogens is 204 g/mol. The largest absolute Gasteiger partial charge is 0.389 e. The van der Waals surface area contributed by atoms with Gasteiger partial charge in [-0.15, -0.1) is 0 Å². The maximum Gasteiger partial charge on any atom is 0.103 e. The number of benzene rings is 1. The van der Waals surface area contributed by atoms with Crippen molar-refractivity contribution in [3.8, 4) is 0 Å². The summed E-state index contributed by atoms with van der Waals surface area (Å²) in [6.45, 7) is 5.33. The zero-order chi connectivity index (χ0) is 11.4. The molecule has 0 spiro atoms. The number of hydrogen-bond donors (Lipinski definition) is 1. The Labute approximate surface area is 97.1 Å². The molecule has 0 heterocycles. The Hall–Kier alpha value is -1.09. The average molecular weight is 222 g/mol. The van der Waals surface area contributed by atoms with E-state index in [1.165, 1.54) is 11.3 Å². The normalized spacial score (nSPS) is 10.1. The van der Waals surface area contributed by atoms with Gasteiger partial charge in [0.15, 0.2) is 0 Å². The quantitative estimate of drug-likeness (QED) is 0.794. The second kappa shape index (κ2) is 5.12. The van der Waals surface area contributed by atoms with E-state index >= 15 is 0 Å². The van der Waals surface area contributed by atoms with Gasteiger partial charge in [0.1, 0.15) is 4.99 Å². The summed E-state index contributed by atoms with van der Waals surface area (Å²) in [4.78, 5) is 2.71. The Balaban J connectivity index is 2.97. The molecule has 0 amide bonds. The molecule has 0 saturated heterocycles. The number of rotatable bonds is 4. The van der Waals surface area contributed by atoms with Gasteiger partial charge in [-0.3, -0.25) is 0 Å². The number of anilines is 1. The zero-order valence-electron chi connectivity index (χ0n) is 9.58. The smallest absolute Gasteiger partial charge is 0.103 e. The number of thiocarbonyl (C=S) groups is 1. The number of nitrogens with zero attached hydrogens (tertiary/aromatic N) is 1. The summed E-state index contributed by atoms with van der Waals surface area (Å²) in [6.07, 6.45) is 1.15. The van der Waals surface area contributed by atoms with Crippen LogP contribution in [0.25, 0.3) is 0 Å². The number of aryl methyl sites for hydroxylation is 1. The highest BCUT2D eigenvalue weighted by molar-refractivity contribution is 7.80. The Kier molecular flexibility index (Phi) is 4.09. The lowest BCUT2D eigenvalue weighted by Gasteiger charge is -2.21. The van der Waals surface area contributed by atoms with Crippen LogP contribution in [0, 0.1) is 6.92 Å². The molecule has 0 saturated carbocycles. The summed E-state index contributed by atoms with van der Waals surface area (Å²) < 4.78 is 0. The third-order valence-electron chi connectivity index (χ3n) is 2.45. The van der Waals surface area contributed by atoms with Crippen LogP contribution in [-0.4, -0.2) is 18.6 Å². The maximum absolute atomic E-state index is 5.59. The van der Waals surface area contributed by atoms with Crippen molar-refractivity contribution in [2.45, 2.75) is 20.3 Å².